The van der Waals surface area contributed by atoms with Crippen molar-refractivity contribution in [3.05, 3.63) is 41.1 Å². The third kappa shape index (κ3) is 21.9. The Bertz CT molecular complexity index is 2340. The average molecular weight is 1080 g/mol. The number of hydrogen-bond donors (Lipinski definition) is 11. The molecule has 76 heavy (non-hydrogen) atoms. The second-order valence-electron chi connectivity index (χ2n) is 20.0. The number of aliphatic hydroxyl groups is 2. The number of hydrogen-bond acceptors (Lipinski definition) is 16. The quantitative estimate of drug-likeness (QED) is 0.0430. The molecular formula is C51H79N13O11S. The molecule has 2 bridgehead atoms. The van der Waals surface area contributed by atoms with Crippen LogP contribution in [0.2, 0.25) is 0 Å². The monoisotopic (exact) mass is 1080 g/mol. The Balaban J connectivity index is 0.995. The molecule has 4 heterocycles. The Labute approximate surface area is 447 Å². The number of benzene rings is 1. The summed E-state index contributed by atoms with van der Waals surface area (Å²) in [5, 5.41) is 74.4. The number of carboxylic acids is 4. The van der Waals surface area contributed by atoms with Gasteiger partial charge in [0.25, 0.3) is 0 Å². The molecule has 1 saturated carbocycles. The lowest BCUT2D eigenvalue weighted by Crippen LogP contribution is -2.53. The Kier molecular flexibility index (Phi) is 24.4. The summed E-state index contributed by atoms with van der Waals surface area (Å²) in [6, 6.07) is 5.56. The number of aliphatic carboxylic acids is 4. The Morgan fingerprint density at radius 3 is 1.99 bits per heavy atom. The fourth-order valence-corrected chi connectivity index (χ4v) is 10.4. The lowest BCUT2D eigenvalue weighted by molar-refractivity contribution is -0.141. The van der Waals surface area contributed by atoms with Gasteiger partial charge in [-0.25, -0.2) is 9.59 Å². The average Bonchev–Trinajstić information content (AvgIpc) is 4.22. The summed E-state index contributed by atoms with van der Waals surface area (Å²) in [7, 11) is 0.927. The highest BCUT2D eigenvalue weighted by atomic mass is 32.1. The smallest absolute Gasteiger partial charge is 0.326 e. The maximum Gasteiger partial charge on any atom is 0.326 e. The molecule has 420 valence electrons. The van der Waals surface area contributed by atoms with Crippen molar-refractivity contribution in [3.8, 4) is 0 Å². The van der Waals surface area contributed by atoms with Gasteiger partial charge in [0, 0.05) is 89.4 Å². The number of carbonyl (C=O) groups excluding carboxylic acids is 1. The molecule has 3 aliphatic heterocycles. The summed E-state index contributed by atoms with van der Waals surface area (Å²) >= 11 is 0. The first-order valence-electron chi connectivity index (χ1n) is 26.8. The Morgan fingerprint density at radius 1 is 0.671 bits per heavy atom. The SMILES string of the molecule is O=C(O)CNC(=O)NC(CCCCNC(CCCCCCCNc1nc(Nc2ccc(CC3CN(CC(=O)O)CCN4CCN(CCN3CC(=O)O)CC(O)=S=C(O)C4)cc2)nc(N2CCCCC2)n1)=C1CC1)C(=O)O. The van der Waals surface area contributed by atoms with Crippen molar-refractivity contribution in [1.29, 1.82) is 0 Å². The normalized spacial score (nSPS) is 20.1. The van der Waals surface area contributed by atoms with Crippen LogP contribution in [0.1, 0.15) is 95.5 Å². The Morgan fingerprint density at radius 2 is 1.32 bits per heavy atom. The molecule has 4 unspecified atom stereocenters. The zero-order valence-corrected chi connectivity index (χ0v) is 44.4. The number of urea groups is 1. The van der Waals surface area contributed by atoms with Gasteiger partial charge in [0.2, 0.25) is 17.8 Å². The highest BCUT2D eigenvalue weighted by molar-refractivity contribution is 7.97. The van der Waals surface area contributed by atoms with Crippen LogP contribution in [0, 0.1) is 0 Å². The lowest BCUT2D eigenvalue weighted by Gasteiger charge is -2.37. The minimum atomic E-state index is -1.21. The van der Waals surface area contributed by atoms with E-state index in [4.69, 9.17) is 20.1 Å². The molecule has 1 aromatic heterocycles. The van der Waals surface area contributed by atoms with Crippen LogP contribution < -0.4 is 31.5 Å². The summed E-state index contributed by atoms with van der Waals surface area (Å²) in [6.45, 7) is 5.71. The lowest BCUT2D eigenvalue weighted by atomic mass is 10.0. The van der Waals surface area contributed by atoms with Gasteiger partial charge < -0.3 is 62.1 Å². The van der Waals surface area contributed by atoms with Crippen LogP contribution in [0.3, 0.4) is 0 Å². The van der Waals surface area contributed by atoms with Gasteiger partial charge in [-0.3, -0.25) is 34.0 Å². The van der Waals surface area contributed by atoms with E-state index in [1.807, 2.05) is 34.1 Å². The second kappa shape index (κ2) is 31.3. The summed E-state index contributed by atoms with van der Waals surface area (Å²) < 4.78 is 0. The topological polar surface area (TPSA) is 322 Å². The fraction of sp³-hybridized carbons (Fsp3) is 0.647. The maximum atomic E-state index is 12.3. The number of carboxylic acid groups (broad SMARTS) is 4. The zero-order chi connectivity index (χ0) is 54.2. The van der Waals surface area contributed by atoms with E-state index in [-0.39, 0.29) is 48.7 Å². The third-order valence-electron chi connectivity index (χ3n) is 13.8. The molecule has 2 amide bonds. The molecule has 0 radical (unpaired) electrons. The van der Waals surface area contributed by atoms with Crippen molar-refractivity contribution in [1.82, 2.24) is 50.5 Å². The number of nitrogens with zero attached hydrogens (tertiary/aromatic N) is 8. The van der Waals surface area contributed by atoms with E-state index in [9.17, 15) is 49.5 Å². The van der Waals surface area contributed by atoms with Gasteiger partial charge in [0.05, 0.1) is 26.2 Å². The first-order chi connectivity index (χ1) is 36.6. The van der Waals surface area contributed by atoms with Gasteiger partial charge in [-0.2, -0.15) is 15.0 Å². The van der Waals surface area contributed by atoms with Crippen molar-refractivity contribution < 1.29 is 54.6 Å². The molecule has 6 rings (SSSR count). The van der Waals surface area contributed by atoms with Crippen LogP contribution in [-0.2, 0) is 25.6 Å². The number of aromatic nitrogens is 3. The third-order valence-corrected chi connectivity index (χ3v) is 14.6. The van der Waals surface area contributed by atoms with E-state index in [0.29, 0.717) is 89.6 Å². The first kappa shape index (κ1) is 59.3. The molecule has 11 N–H and O–H groups in total. The van der Waals surface area contributed by atoms with Crippen LogP contribution in [-0.4, -0.2) is 222 Å². The Hall–Kier alpha value is -5.96. The van der Waals surface area contributed by atoms with Crippen molar-refractivity contribution >= 4 is 74.5 Å². The standard InChI is InChI=1S/C51H79N13O11S/c65-42(66)30-54-51(75)56-41(47(73)74)12-6-8-19-52-40(37-15-16-37)11-5-2-1-3-7-20-53-48-57-49(59-50(58-48)63-21-9-4-10-22-63)55-38-17-13-36(14-18-38)29-39-31-62(32-43(67)68)26-25-60-23-24-61(27-28-64(39)33-44(69)70)35-46(72)76-45(71)34-60/h13-14,17-18,39,41,52,71-72H,1-12,15-16,19-35H2,(H,65,66)(H,67,68)(H,69,70)(H,73,74)(H2,54,56,75)(H2,53,55,57,58,59). The number of anilines is 4. The minimum Gasteiger partial charge on any atom is -0.480 e. The molecule has 2 saturated heterocycles. The zero-order valence-electron chi connectivity index (χ0n) is 43.6. The van der Waals surface area contributed by atoms with E-state index in [1.54, 1.807) is 0 Å². The first-order valence-corrected chi connectivity index (χ1v) is 27.6. The van der Waals surface area contributed by atoms with Crippen LogP contribution in [0.5, 0.6) is 0 Å². The molecular weight excluding hydrogens is 1000 g/mol. The number of rotatable bonds is 28. The van der Waals surface area contributed by atoms with Gasteiger partial charge in [0.15, 0.2) is 0 Å². The molecule has 4 atom stereocenters. The van der Waals surface area contributed by atoms with Crippen molar-refractivity contribution in [2.24, 2.45) is 0 Å². The van der Waals surface area contributed by atoms with E-state index in [1.165, 1.54) is 11.3 Å². The number of piperidine rings is 1. The van der Waals surface area contributed by atoms with Crippen LogP contribution in [0.15, 0.2) is 35.5 Å². The summed E-state index contributed by atoms with van der Waals surface area (Å²) in [5.74, 6) is -2.83. The molecule has 2 aromatic rings. The summed E-state index contributed by atoms with van der Waals surface area (Å²) in [6.07, 6.45) is 13.6. The number of amides is 2. The van der Waals surface area contributed by atoms with Gasteiger partial charge in [-0.05, 0) is 94.7 Å². The minimum absolute atomic E-state index is 0.0644. The van der Waals surface area contributed by atoms with E-state index in [2.05, 4.69) is 41.3 Å². The summed E-state index contributed by atoms with van der Waals surface area (Å²) in [5.41, 5.74) is 4.43. The number of fused-ring (bicyclic) bond motifs is 3. The highest BCUT2D eigenvalue weighted by Crippen LogP contribution is 2.33. The van der Waals surface area contributed by atoms with Gasteiger partial charge in [-0.15, -0.1) is 0 Å². The molecule has 0 spiro atoms. The second-order valence-corrected chi connectivity index (χ2v) is 21.2. The number of nitrogens with one attached hydrogen (secondary N) is 5. The predicted molar refractivity (Wildman–Crippen MR) is 292 cm³/mol. The number of carbonyl (C=O) groups is 5. The van der Waals surface area contributed by atoms with Crippen molar-refractivity contribution in [2.45, 2.75) is 108 Å². The number of unbranched alkanes of at least 4 members (excludes halogenated alkanes) is 5. The van der Waals surface area contributed by atoms with Crippen LogP contribution in [0.25, 0.3) is 0 Å². The number of allylic oxidation sites excluding steroid dienone is 2. The van der Waals surface area contributed by atoms with Crippen LogP contribution in [0.4, 0.5) is 28.3 Å². The van der Waals surface area contributed by atoms with E-state index < -0.39 is 42.5 Å². The van der Waals surface area contributed by atoms with Crippen molar-refractivity contribution in [2.75, 3.05) is 120 Å². The highest BCUT2D eigenvalue weighted by Gasteiger charge is 2.28. The largest absolute Gasteiger partial charge is 0.480 e. The van der Waals surface area contributed by atoms with Gasteiger partial charge >= 0.3 is 29.9 Å². The van der Waals surface area contributed by atoms with E-state index >= 15 is 0 Å². The molecule has 24 nitrogen and oxygen atoms in total. The van der Waals surface area contributed by atoms with Crippen LogP contribution >= 0.6 is 10.9 Å². The van der Waals surface area contributed by atoms with Gasteiger partial charge in [-0.1, -0.05) is 47.9 Å². The molecule has 1 aliphatic carbocycles. The molecule has 1 aromatic carbocycles. The van der Waals surface area contributed by atoms with Crippen molar-refractivity contribution in [3.63, 3.8) is 0 Å². The maximum absolute atomic E-state index is 12.3. The fourth-order valence-electron chi connectivity index (χ4n) is 9.66. The predicted octanol–water partition coefficient (Wildman–Crippen LogP) is 3.43. The van der Waals surface area contributed by atoms with Gasteiger partial charge in [0.1, 0.15) is 22.7 Å². The summed E-state index contributed by atoms with van der Waals surface area (Å²) in [4.78, 5) is 83.0. The molecule has 3 fully saturated rings. The molecule has 4 aliphatic rings. The van der Waals surface area contributed by atoms with E-state index in [0.717, 1.165) is 112 Å². The molecule has 25 heteroatoms. The number of aliphatic hydroxyl groups excluding tert-OH is 2.